The summed E-state index contributed by atoms with van der Waals surface area (Å²) < 4.78 is 28.1. The number of hydrogen-bond donors (Lipinski definition) is 2. The van der Waals surface area contributed by atoms with E-state index in [1.165, 1.54) is 17.2 Å². The first-order chi connectivity index (χ1) is 8.55. The monoisotopic (exact) mass is 255 g/mol. The molecule has 1 saturated carbocycles. The molecule has 2 aromatic rings. The molecule has 6 nitrogen and oxygen atoms in total. The molecule has 0 radical (unpaired) electrons. The molecule has 0 saturated heterocycles. The van der Waals surface area contributed by atoms with Gasteiger partial charge in [-0.1, -0.05) is 0 Å². The summed E-state index contributed by atoms with van der Waals surface area (Å²) in [6, 6.07) is 0. The standard InChI is InChI=1S/C10H11F2N5O/c11-10(12)5(6(10)2-18)1-17-4-16-7-8(13)14-3-15-9(7)17/h3-6,18H,1-2H2,(H2,13,14,15)/t5-,6-/m0/s1. The van der Waals surface area contributed by atoms with E-state index < -0.39 is 24.4 Å². The van der Waals surface area contributed by atoms with E-state index in [0.717, 1.165) is 0 Å². The molecule has 96 valence electrons. The Morgan fingerprint density at radius 1 is 1.33 bits per heavy atom. The zero-order valence-corrected chi connectivity index (χ0v) is 9.29. The first-order valence-corrected chi connectivity index (χ1v) is 5.45. The number of hydrogen-bond acceptors (Lipinski definition) is 5. The summed E-state index contributed by atoms with van der Waals surface area (Å²) in [6.45, 7) is -0.452. The number of nitrogens with two attached hydrogens (primary N) is 1. The zero-order valence-electron chi connectivity index (χ0n) is 9.29. The third-order valence-corrected chi connectivity index (χ3v) is 3.38. The molecule has 0 unspecified atom stereocenters. The molecule has 2 atom stereocenters. The molecule has 2 aromatic heterocycles. The van der Waals surface area contributed by atoms with Crippen LogP contribution >= 0.6 is 0 Å². The van der Waals surface area contributed by atoms with E-state index in [1.54, 1.807) is 0 Å². The van der Waals surface area contributed by atoms with E-state index in [2.05, 4.69) is 15.0 Å². The van der Waals surface area contributed by atoms with Gasteiger partial charge in [-0.3, -0.25) is 0 Å². The Morgan fingerprint density at radius 3 is 2.78 bits per heavy atom. The number of aliphatic hydroxyl groups excluding tert-OH is 1. The van der Waals surface area contributed by atoms with Crippen LogP contribution in [0.4, 0.5) is 14.6 Å². The predicted octanol–water partition coefficient (Wildman–Crippen LogP) is 0.282. The van der Waals surface area contributed by atoms with Crippen LogP contribution < -0.4 is 5.73 Å². The van der Waals surface area contributed by atoms with Gasteiger partial charge < -0.3 is 15.4 Å². The minimum absolute atomic E-state index is 0.0607. The fourth-order valence-electron chi connectivity index (χ4n) is 2.20. The Morgan fingerprint density at radius 2 is 2.11 bits per heavy atom. The minimum Gasteiger partial charge on any atom is -0.396 e. The lowest BCUT2D eigenvalue weighted by atomic mass is 10.3. The molecule has 2 heterocycles. The van der Waals surface area contributed by atoms with Crippen molar-refractivity contribution in [3.63, 3.8) is 0 Å². The first kappa shape index (κ1) is 11.3. The SMILES string of the molecule is Nc1ncnc2c1ncn2C[C@H]1[C@H](CO)C1(F)F. The molecule has 0 aliphatic heterocycles. The molecule has 0 spiro atoms. The summed E-state index contributed by atoms with van der Waals surface area (Å²) in [5.41, 5.74) is 6.44. The molecule has 1 fully saturated rings. The van der Waals surface area contributed by atoms with Crippen molar-refractivity contribution in [1.29, 1.82) is 0 Å². The lowest BCUT2D eigenvalue weighted by molar-refractivity contribution is 0.0704. The second kappa shape index (κ2) is 3.58. The average molecular weight is 255 g/mol. The summed E-state index contributed by atoms with van der Waals surface area (Å²) in [6.07, 6.45) is 2.68. The smallest absolute Gasteiger partial charge is 0.258 e. The Bertz CT molecular complexity index is 599. The van der Waals surface area contributed by atoms with Crippen LogP contribution in [0.2, 0.25) is 0 Å². The maximum Gasteiger partial charge on any atom is 0.258 e. The molecule has 0 amide bonds. The Labute approximate surface area is 100 Å². The van der Waals surface area contributed by atoms with Gasteiger partial charge in [0.2, 0.25) is 0 Å². The maximum absolute atomic E-state index is 13.3. The largest absolute Gasteiger partial charge is 0.396 e. The highest BCUT2D eigenvalue weighted by Crippen LogP contribution is 2.55. The van der Waals surface area contributed by atoms with E-state index >= 15 is 0 Å². The lowest BCUT2D eigenvalue weighted by Crippen LogP contribution is -2.05. The van der Waals surface area contributed by atoms with Crippen LogP contribution in [-0.2, 0) is 6.54 Å². The summed E-state index contributed by atoms with van der Waals surface area (Å²) in [5, 5.41) is 8.85. The highest BCUT2D eigenvalue weighted by atomic mass is 19.3. The third kappa shape index (κ3) is 1.45. The van der Waals surface area contributed by atoms with Crippen molar-refractivity contribution in [2.24, 2.45) is 11.8 Å². The van der Waals surface area contributed by atoms with Crippen molar-refractivity contribution in [2.75, 3.05) is 12.3 Å². The third-order valence-electron chi connectivity index (χ3n) is 3.38. The van der Waals surface area contributed by atoms with Crippen molar-refractivity contribution < 1.29 is 13.9 Å². The maximum atomic E-state index is 13.3. The number of anilines is 1. The second-order valence-electron chi connectivity index (χ2n) is 4.40. The molecule has 18 heavy (non-hydrogen) atoms. The normalized spacial score (nSPS) is 25.5. The minimum atomic E-state index is -2.82. The fourth-order valence-corrected chi connectivity index (χ4v) is 2.20. The molecule has 1 aliphatic rings. The number of fused-ring (bicyclic) bond motifs is 1. The van der Waals surface area contributed by atoms with E-state index in [-0.39, 0.29) is 12.4 Å². The van der Waals surface area contributed by atoms with Gasteiger partial charge in [0.1, 0.15) is 11.8 Å². The molecular weight excluding hydrogens is 244 g/mol. The van der Waals surface area contributed by atoms with Crippen molar-refractivity contribution in [1.82, 2.24) is 19.5 Å². The molecule has 0 aromatic carbocycles. The summed E-state index contributed by atoms with van der Waals surface area (Å²) in [5.74, 6) is -4.45. The van der Waals surface area contributed by atoms with E-state index in [1.807, 2.05) is 0 Å². The van der Waals surface area contributed by atoms with Gasteiger partial charge in [0, 0.05) is 6.54 Å². The van der Waals surface area contributed by atoms with Gasteiger partial charge in [-0.2, -0.15) is 0 Å². The number of nitrogen functional groups attached to an aromatic ring is 1. The zero-order chi connectivity index (χ0) is 12.9. The summed E-state index contributed by atoms with van der Waals surface area (Å²) in [7, 11) is 0. The van der Waals surface area contributed by atoms with Crippen LogP contribution in [0.1, 0.15) is 0 Å². The molecule has 3 N–H and O–H groups in total. The molecule has 1 aliphatic carbocycles. The van der Waals surface area contributed by atoms with Gasteiger partial charge in [-0.25, -0.2) is 23.7 Å². The number of alkyl halides is 2. The predicted molar refractivity (Wildman–Crippen MR) is 58.7 cm³/mol. The van der Waals surface area contributed by atoms with E-state index in [0.29, 0.717) is 11.2 Å². The van der Waals surface area contributed by atoms with E-state index in [4.69, 9.17) is 10.8 Å². The van der Waals surface area contributed by atoms with Gasteiger partial charge in [0.15, 0.2) is 11.5 Å². The van der Waals surface area contributed by atoms with Gasteiger partial charge in [-0.15, -0.1) is 0 Å². The van der Waals surface area contributed by atoms with Gasteiger partial charge in [-0.05, 0) is 0 Å². The number of rotatable bonds is 3. The molecule has 0 bridgehead atoms. The van der Waals surface area contributed by atoms with Gasteiger partial charge in [0.25, 0.3) is 5.92 Å². The van der Waals surface area contributed by atoms with Crippen molar-refractivity contribution in [3.8, 4) is 0 Å². The molecule has 3 rings (SSSR count). The van der Waals surface area contributed by atoms with Crippen LogP contribution in [-0.4, -0.2) is 37.2 Å². The fraction of sp³-hybridized carbons (Fsp3) is 0.500. The van der Waals surface area contributed by atoms with Gasteiger partial charge in [0.05, 0.1) is 24.8 Å². The number of aromatic nitrogens is 4. The van der Waals surface area contributed by atoms with Crippen molar-refractivity contribution in [3.05, 3.63) is 12.7 Å². The molecular formula is C10H11F2N5O. The number of halogens is 2. The van der Waals surface area contributed by atoms with Crippen LogP contribution in [0.15, 0.2) is 12.7 Å². The average Bonchev–Trinajstić information content (AvgIpc) is 2.69. The quantitative estimate of drug-likeness (QED) is 0.822. The Balaban J connectivity index is 1.91. The van der Waals surface area contributed by atoms with Crippen molar-refractivity contribution >= 4 is 17.0 Å². The van der Waals surface area contributed by atoms with Gasteiger partial charge >= 0.3 is 0 Å². The van der Waals surface area contributed by atoms with Crippen molar-refractivity contribution in [2.45, 2.75) is 12.5 Å². The Kier molecular flexibility index (Phi) is 2.24. The number of imidazole rings is 1. The number of nitrogens with zero attached hydrogens (tertiary/aromatic N) is 4. The first-order valence-electron chi connectivity index (χ1n) is 5.45. The lowest BCUT2D eigenvalue weighted by Gasteiger charge is -2.02. The summed E-state index contributed by atoms with van der Waals surface area (Å²) in [4.78, 5) is 11.8. The van der Waals surface area contributed by atoms with Crippen LogP contribution in [0, 0.1) is 11.8 Å². The van der Waals surface area contributed by atoms with Crippen LogP contribution in [0.25, 0.3) is 11.2 Å². The number of aliphatic hydroxyl groups is 1. The summed E-state index contributed by atoms with van der Waals surface area (Å²) >= 11 is 0. The van der Waals surface area contributed by atoms with Crippen LogP contribution in [0.5, 0.6) is 0 Å². The second-order valence-corrected chi connectivity index (χ2v) is 4.40. The molecule has 8 heteroatoms. The Hall–Kier alpha value is -1.83. The highest BCUT2D eigenvalue weighted by Gasteiger charge is 2.67. The van der Waals surface area contributed by atoms with Crippen LogP contribution in [0.3, 0.4) is 0 Å². The highest BCUT2D eigenvalue weighted by molar-refractivity contribution is 5.81. The topological polar surface area (TPSA) is 89.9 Å². The van der Waals surface area contributed by atoms with E-state index in [9.17, 15) is 8.78 Å².